The summed E-state index contributed by atoms with van der Waals surface area (Å²) in [7, 11) is 0. The Morgan fingerprint density at radius 3 is 2.70 bits per heavy atom. The van der Waals surface area contributed by atoms with Gasteiger partial charge in [0.15, 0.2) is 0 Å². The van der Waals surface area contributed by atoms with Crippen LogP contribution in [0.15, 0.2) is 0 Å². The molecule has 0 aromatic rings. The molecule has 0 amide bonds. The Labute approximate surface area is 60.0 Å². The van der Waals surface area contributed by atoms with Crippen molar-refractivity contribution in [2.24, 2.45) is 0 Å². The van der Waals surface area contributed by atoms with E-state index in [1.54, 1.807) is 0 Å². The SMILES string of the molecule is CC(=O)O[C@@H]1CC[C@@H](O)C1. The van der Waals surface area contributed by atoms with Crippen molar-refractivity contribution in [3.63, 3.8) is 0 Å². The van der Waals surface area contributed by atoms with E-state index in [2.05, 4.69) is 0 Å². The van der Waals surface area contributed by atoms with Gasteiger partial charge in [0.2, 0.25) is 0 Å². The maximum absolute atomic E-state index is 10.4. The van der Waals surface area contributed by atoms with Crippen LogP contribution in [0.1, 0.15) is 26.2 Å². The molecular weight excluding hydrogens is 132 g/mol. The minimum atomic E-state index is -0.260. The minimum Gasteiger partial charge on any atom is -0.462 e. The topological polar surface area (TPSA) is 46.5 Å². The number of rotatable bonds is 1. The number of hydrogen-bond acceptors (Lipinski definition) is 3. The molecule has 2 atom stereocenters. The van der Waals surface area contributed by atoms with E-state index in [9.17, 15) is 4.79 Å². The third-order valence-corrected chi connectivity index (χ3v) is 1.69. The highest BCUT2D eigenvalue weighted by atomic mass is 16.5. The molecule has 0 spiro atoms. The second-order valence-electron chi connectivity index (χ2n) is 2.70. The zero-order chi connectivity index (χ0) is 7.56. The van der Waals surface area contributed by atoms with Crippen LogP contribution >= 0.6 is 0 Å². The lowest BCUT2D eigenvalue weighted by Gasteiger charge is -2.08. The summed E-state index contributed by atoms with van der Waals surface area (Å²) >= 11 is 0. The van der Waals surface area contributed by atoms with E-state index in [1.165, 1.54) is 6.92 Å². The molecule has 3 heteroatoms. The van der Waals surface area contributed by atoms with Gasteiger partial charge in [-0.15, -0.1) is 0 Å². The molecule has 1 rings (SSSR count). The molecular formula is C7H12O3. The van der Waals surface area contributed by atoms with Crippen LogP contribution in [0.4, 0.5) is 0 Å². The largest absolute Gasteiger partial charge is 0.462 e. The highest BCUT2D eigenvalue weighted by Crippen LogP contribution is 2.21. The smallest absolute Gasteiger partial charge is 0.302 e. The molecule has 0 aromatic carbocycles. The summed E-state index contributed by atoms with van der Waals surface area (Å²) in [6.45, 7) is 1.39. The van der Waals surface area contributed by atoms with Gasteiger partial charge < -0.3 is 9.84 Å². The third kappa shape index (κ3) is 1.99. The first kappa shape index (κ1) is 7.54. The summed E-state index contributed by atoms with van der Waals surface area (Å²) in [4.78, 5) is 10.4. The summed E-state index contributed by atoms with van der Waals surface area (Å²) in [5, 5.41) is 9.02. The summed E-state index contributed by atoms with van der Waals surface area (Å²) in [6.07, 6.45) is 1.88. The predicted octanol–water partition coefficient (Wildman–Crippen LogP) is 0.463. The van der Waals surface area contributed by atoms with Crippen molar-refractivity contribution in [2.45, 2.75) is 38.4 Å². The van der Waals surface area contributed by atoms with Crippen LogP contribution in [-0.2, 0) is 9.53 Å². The highest BCUT2D eigenvalue weighted by molar-refractivity contribution is 5.66. The van der Waals surface area contributed by atoms with Gasteiger partial charge in [0.25, 0.3) is 0 Å². The Balaban J connectivity index is 2.24. The molecule has 1 aliphatic rings. The quantitative estimate of drug-likeness (QED) is 0.544. The van der Waals surface area contributed by atoms with E-state index < -0.39 is 0 Å². The third-order valence-electron chi connectivity index (χ3n) is 1.69. The van der Waals surface area contributed by atoms with Gasteiger partial charge in [0.05, 0.1) is 6.10 Å². The normalized spacial score (nSPS) is 32.2. The Kier molecular flexibility index (Phi) is 2.27. The van der Waals surface area contributed by atoms with Crippen LogP contribution in [0.3, 0.4) is 0 Å². The standard InChI is InChI=1S/C7H12O3/c1-5(8)10-7-3-2-6(9)4-7/h6-7,9H,2-4H2,1H3/t6-,7-/m1/s1. The van der Waals surface area contributed by atoms with Gasteiger partial charge in [-0.1, -0.05) is 0 Å². The van der Waals surface area contributed by atoms with Crippen molar-refractivity contribution >= 4 is 5.97 Å². The summed E-state index contributed by atoms with van der Waals surface area (Å²) in [5.41, 5.74) is 0. The van der Waals surface area contributed by atoms with Crippen molar-refractivity contribution in [1.82, 2.24) is 0 Å². The van der Waals surface area contributed by atoms with Crippen molar-refractivity contribution in [2.75, 3.05) is 0 Å². The van der Waals surface area contributed by atoms with Crippen LogP contribution in [0.5, 0.6) is 0 Å². The van der Waals surface area contributed by atoms with Gasteiger partial charge >= 0.3 is 5.97 Å². The summed E-state index contributed by atoms with van der Waals surface area (Å²) in [5.74, 6) is -0.251. The number of carbonyl (C=O) groups excluding carboxylic acids is 1. The molecule has 10 heavy (non-hydrogen) atoms. The maximum Gasteiger partial charge on any atom is 0.302 e. The minimum absolute atomic E-state index is 0.0347. The maximum atomic E-state index is 10.4. The van der Waals surface area contributed by atoms with E-state index in [4.69, 9.17) is 9.84 Å². The van der Waals surface area contributed by atoms with Crippen LogP contribution in [-0.4, -0.2) is 23.3 Å². The average Bonchev–Trinajstić information content (AvgIpc) is 2.13. The summed E-state index contributed by atoms with van der Waals surface area (Å²) < 4.78 is 4.88. The number of ether oxygens (including phenoxy) is 1. The fraction of sp³-hybridized carbons (Fsp3) is 0.857. The zero-order valence-corrected chi connectivity index (χ0v) is 6.04. The average molecular weight is 144 g/mol. The van der Waals surface area contributed by atoms with Gasteiger partial charge in [-0.3, -0.25) is 4.79 Å². The lowest BCUT2D eigenvalue weighted by molar-refractivity contribution is -0.146. The molecule has 0 saturated heterocycles. The van der Waals surface area contributed by atoms with Gasteiger partial charge in [-0.2, -0.15) is 0 Å². The van der Waals surface area contributed by atoms with Crippen molar-refractivity contribution in [3.05, 3.63) is 0 Å². The molecule has 1 N–H and O–H groups in total. The summed E-state index contributed by atoms with van der Waals surface area (Å²) in [6, 6.07) is 0. The zero-order valence-electron chi connectivity index (χ0n) is 6.04. The van der Waals surface area contributed by atoms with Gasteiger partial charge in [-0.05, 0) is 12.8 Å². The second-order valence-corrected chi connectivity index (χ2v) is 2.70. The molecule has 0 unspecified atom stereocenters. The van der Waals surface area contributed by atoms with E-state index in [-0.39, 0.29) is 18.2 Å². The Morgan fingerprint density at radius 2 is 2.30 bits per heavy atom. The molecule has 0 bridgehead atoms. The molecule has 1 saturated carbocycles. The fourth-order valence-electron chi connectivity index (χ4n) is 1.26. The van der Waals surface area contributed by atoms with Crippen molar-refractivity contribution in [1.29, 1.82) is 0 Å². The van der Waals surface area contributed by atoms with Gasteiger partial charge in [0.1, 0.15) is 6.10 Å². The Morgan fingerprint density at radius 1 is 1.60 bits per heavy atom. The first-order chi connectivity index (χ1) is 4.68. The number of carbonyl (C=O) groups is 1. The Hall–Kier alpha value is -0.570. The lowest BCUT2D eigenvalue weighted by Crippen LogP contribution is -2.13. The molecule has 1 aliphatic carbocycles. The lowest BCUT2D eigenvalue weighted by atomic mass is 10.3. The Bertz CT molecular complexity index is 133. The van der Waals surface area contributed by atoms with Crippen LogP contribution in [0.2, 0.25) is 0 Å². The number of aliphatic hydroxyl groups is 1. The first-order valence-electron chi connectivity index (χ1n) is 3.54. The second kappa shape index (κ2) is 3.01. The van der Waals surface area contributed by atoms with Gasteiger partial charge in [-0.25, -0.2) is 0 Å². The van der Waals surface area contributed by atoms with E-state index in [0.717, 1.165) is 12.8 Å². The number of esters is 1. The molecule has 3 nitrogen and oxygen atoms in total. The van der Waals surface area contributed by atoms with Gasteiger partial charge in [0, 0.05) is 13.3 Å². The number of aliphatic hydroxyl groups excluding tert-OH is 1. The monoisotopic (exact) mass is 144 g/mol. The highest BCUT2D eigenvalue weighted by Gasteiger charge is 2.24. The molecule has 1 fully saturated rings. The number of hydrogen-bond donors (Lipinski definition) is 1. The molecule has 0 heterocycles. The molecule has 0 aliphatic heterocycles. The fourth-order valence-corrected chi connectivity index (χ4v) is 1.26. The van der Waals surface area contributed by atoms with Crippen LogP contribution < -0.4 is 0 Å². The van der Waals surface area contributed by atoms with E-state index in [0.29, 0.717) is 6.42 Å². The molecule has 0 radical (unpaired) electrons. The van der Waals surface area contributed by atoms with Crippen LogP contribution in [0.25, 0.3) is 0 Å². The van der Waals surface area contributed by atoms with Crippen molar-refractivity contribution in [3.8, 4) is 0 Å². The van der Waals surface area contributed by atoms with Crippen molar-refractivity contribution < 1.29 is 14.6 Å². The molecule has 58 valence electrons. The predicted molar refractivity (Wildman–Crippen MR) is 35.4 cm³/mol. The molecule has 0 aromatic heterocycles. The van der Waals surface area contributed by atoms with E-state index >= 15 is 0 Å². The van der Waals surface area contributed by atoms with E-state index in [1.807, 2.05) is 0 Å². The first-order valence-corrected chi connectivity index (χ1v) is 3.54. The van der Waals surface area contributed by atoms with Crippen LogP contribution in [0, 0.1) is 0 Å².